The van der Waals surface area contributed by atoms with Crippen molar-refractivity contribution in [2.45, 2.75) is 58.0 Å². The molecule has 3 rings (SSSR count). The van der Waals surface area contributed by atoms with E-state index in [1.165, 1.54) is 12.8 Å². The summed E-state index contributed by atoms with van der Waals surface area (Å²) in [6.45, 7) is 4.52. The molecule has 1 aliphatic carbocycles. The maximum atomic E-state index is 14.5. The van der Waals surface area contributed by atoms with Gasteiger partial charge in [-0.05, 0) is 44.6 Å². The molecule has 1 aromatic rings. The molecule has 0 amide bonds. The van der Waals surface area contributed by atoms with Crippen LogP contribution < -0.4 is 9.47 Å². The molecule has 1 heterocycles. The summed E-state index contributed by atoms with van der Waals surface area (Å²) in [4.78, 5) is 0. The van der Waals surface area contributed by atoms with E-state index in [9.17, 15) is 4.39 Å². The Labute approximate surface area is 132 Å². The van der Waals surface area contributed by atoms with Crippen molar-refractivity contribution in [1.29, 1.82) is 0 Å². The second-order valence-electron chi connectivity index (χ2n) is 6.28. The first-order valence-electron chi connectivity index (χ1n) is 8.53. The Hall–Kier alpha value is -1.51. The van der Waals surface area contributed by atoms with Crippen LogP contribution in [0.1, 0.15) is 57.4 Å². The van der Waals surface area contributed by atoms with Gasteiger partial charge >= 0.3 is 0 Å². The molecule has 0 unspecified atom stereocenters. The lowest BCUT2D eigenvalue weighted by molar-refractivity contribution is 0.139. The van der Waals surface area contributed by atoms with Crippen molar-refractivity contribution >= 4 is 0 Å². The fourth-order valence-electron chi connectivity index (χ4n) is 3.66. The van der Waals surface area contributed by atoms with Crippen molar-refractivity contribution in [3.63, 3.8) is 0 Å². The van der Waals surface area contributed by atoms with Crippen LogP contribution in [0, 0.1) is 11.7 Å². The summed E-state index contributed by atoms with van der Waals surface area (Å²) in [5, 5.41) is 0. The Morgan fingerprint density at radius 3 is 2.95 bits per heavy atom. The van der Waals surface area contributed by atoms with Crippen LogP contribution in [0.3, 0.4) is 0 Å². The van der Waals surface area contributed by atoms with Crippen LogP contribution in [-0.4, -0.2) is 12.7 Å². The first kappa shape index (κ1) is 15.4. The molecule has 1 aliphatic heterocycles. The van der Waals surface area contributed by atoms with Gasteiger partial charge in [-0.25, -0.2) is 0 Å². The van der Waals surface area contributed by atoms with Gasteiger partial charge in [0, 0.05) is 11.5 Å². The second kappa shape index (κ2) is 6.72. The summed E-state index contributed by atoms with van der Waals surface area (Å²) in [7, 11) is 0. The predicted octanol–water partition coefficient (Wildman–Crippen LogP) is 5.23. The highest BCUT2D eigenvalue weighted by Gasteiger charge is 2.40. The van der Waals surface area contributed by atoms with Crippen LogP contribution in [0.5, 0.6) is 11.5 Å². The van der Waals surface area contributed by atoms with Gasteiger partial charge in [-0.3, -0.25) is 0 Å². The Bertz CT molecular complexity index is 553. The molecule has 22 heavy (non-hydrogen) atoms. The minimum atomic E-state index is -0.327. The number of benzene rings is 1. The van der Waals surface area contributed by atoms with E-state index in [4.69, 9.17) is 9.47 Å². The van der Waals surface area contributed by atoms with E-state index >= 15 is 0 Å². The Balaban J connectivity index is 1.74. The van der Waals surface area contributed by atoms with Crippen molar-refractivity contribution in [3.05, 3.63) is 35.7 Å². The number of hydrogen-bond acceptors (Lipinski definition) is 2. The van der Waals surface area contributed by atoms with Crippen molar-refractivity contribution in [2.75, 3.05) is 6.61 Å². The van der Waals surface area contributed by atoms with Gasteiger partial charge in [0.05, 0.1) is 6.61 Å². The number of allylic oxidation sites excluding steroid dienone is 2. The zero-order valence-electron chi connectivity index (χ0n) is 13.5. The van der Waals surface area contributed by atoms with Crippen molar-refractivity contribution in [2.24, 2.45) is 5.92 Å². The minimum absolute atomic E-state index is 0.117. The van der Waals surface area contributed by atoms with Crippen molar-refractivity contribution in [3.8, 4) is 11.5 Å². The third-order valence-corrected chi connectivity index (χ3v) is 4.76. The molecule has 120 valence electrons. The molecule has 0 N–H and O–H groups in total. The molecular weight excluding hydrogens is 279 g/mol. The number of unbranched alkanes of at least 4 members (excludes halogenated alkanes) is 1. The topological polar surface area (TPSA) is 18.5 Å². The van der Waals surface area contributed by atoms with Gasteiger partial charge in [-0.2, -0.15) is 4.39 Å². The molecule has 0 radical (unpaired) electrons. The second-order valence-corrected chi connectivity index (χ2v) is 6.28. The third kappa shape index (κ3) is 2.86. The summed E-state index contributed by atoms with van der Waals surface area (Å²) >= 11 is 0. The highest BCUT2D eigenvalue weighted by atomic mass is 19.1. The minimum Gasteiger partial charge on any atom is -0.491 e. The van der Waals surface area contributed by atoms with E-state index in [-0.39, 0.29) is 11.9 Å². The van der Waals surface area contributed by atoms with Crippen LogP contribution >= 0.6 is 0 Å². The first-order chi connectivity index (χ1) is 10.7. The molecule has 1 saturated carbocycles. The average Bonchev–Trinajstić information content (AvgIpc) is 2.89. The van der Waals surface area contributed by atoms with Crippen molar-refractivity contribution < 1.29 is 13.9 Å². The van der Waals surface area contributed by atoms with Gasteiger partial charge in [0.2, 0.25) is 5.82 Å². The van der Waals surface area contributed by atoms with E-state index in [2.05, 4.69) is 19.1 Å². The largest absolute Gasteiger partial charge is 0.491 e. The molecular formula is C19H25FO2. The van der Waals surface area contributed by atoms with Gasteiger partial charge in [0.15, 0.2) is 11.5 Å². The molecule has 1 aromatic carbocycles. The fraction of sp³-hybridized carbons (Fsp3) is 0.579. The summed E-state index contributed by atoms with van der Waals surface area (Å²) in [5.74, 6) is 1.32. The van der Waals surface area contributed by atoms with E-state index in [1.54, 1.807) is 6.07 Å². The Kier molecular flexibility index (Phi) is 4.70. The zero-order chi connectivity index (χ0) is 15.5. The number of ether oxygens (including phenoxy) is 2. The van der Waals surface area contributed by atoms with Crippen LogP contribution in [0.25, 0.3) is 0 Å². The van der Waals surface area contributed by atoms with Gasteiger partial charge in [-0.1, -0.05) is 31.6 Å². The summed E-state index contributed by atoms with van der Waals surface area (Å²) in [6.07, 6.45) is 10.3. The van der Waals surface area contributed by atoms with Crippen LogP contribution in [0.4, 0.5) is 4.39 Å². The lowest BCUT2D eigenvalue weighted by Crippen LogP contribution is -2.27. The van der Waals surface area contributed by atoms with Gasteiger partial charge < -0.3 is 9.47 Å². The molecule has 2 aliphatic rings. The molecule has 0 aromatic heterocycles. The highest BCUT2D eigenvalue weighted by molar-refractivity contribution is 5.48. The fourth-order valence-corrected chi connectivity index (χ4v) is 3.66. The van der Waals surface area contributed by atoms with E-state index in [0.29, 0.717) is 29.9 Å². The van der Waals surface area contributed by atoms with E-state index < -0.39 is 0 Å². The number of rotatable bonds is 5. The van der Waals surface area contributed by atoms with Gasteiger partial charge in [-0.15, -0.1) is 0 Å². The lowest BCUT2D eigenvalue weighted by atomic mass is 9.77. The van der Waals surface area contributed by atoms with Gasteiger partial charge in [0.1, 0.15) is 6.10 Å². The van der Waals surface area contributed by atoms with Crippen molar-refractivity contribution in [1.82, 2.24) is 0 Å². The first-order valence-corrected chi connectivity index (χ1v) is 8.53. The summed E-state index contributed by atoms with van der Waals surface area (Å²) in [6, 6.07) is 3.73. The molecule has 3 atom stereocenters. The quantitative estimate of drug-likeness (QED) is 0.694. The molecule has 1 fully saturated rings. The molecule has 0 bridgehead atoms. The number of hydrogen-bond donors (Lipinski definition) is 0. The third-order valence-electron chi connectivity index (χ3n) is 4.76. The molecule has 2 nitrogen and oxygen atoms in total. The van der Waals surface area contributed by atoms with Crippen LogP contribution in [0.15, 0.2) is 24.3 Å². The Morgan fingerprint density at radius 2 is 2.18 bits per heavy atom. The lowest BCUT2D eigenvalue weighted by Gasteiger charge is -2.29. The van der Waals surface area contributed by atoms with Gasteiger partial charge in [0.25, 0.3) is 0 Å². The summed E-state index contributed by atoms with van der Waals surface area (Å²) < 4.78 is 25.8. The average molecular weight is 304 g/mol. The zero-order valence-corrected chi connectivity index (χ0v) is 13.5. The standard InChI is InChI=1S/C19H25FO2/c1-3-5-6-7-13-8-9-14-15-10-11-16(21-4-2)18(20)19(15)22-17(14)12-13/h6-7,10-11,13-14,17H,3-5,8-9,12H2,1-2H3/t13-,14+,17-/m1/s1. The summed E-state index contributed by atoms with van der Waals surface area (Å²) in [5.41, 5.74) is 1.03. The Morgan fingerprint density at radius 1 is 1.32 bits per heavy atom. The molecule has 3 heteroatoms. The smallest absolute Gasteiger partial charge is 0.207 e. The molecule has 0 saturated heterocycles. The maximum Gasteiger partial charge on any atom is 0.207 e. The van der Waals surface area contributed by atoms with E-state index in [1.807, 2.05) is 13.0 Å². The SMILES string of the molecule is CCCC=C[C@@H]1CC[C@H]2c3ccc(OCC)c(F)c3O[C@@H]2C1. The number of fused-ring (bicyclic) bond motifs is 3. The monoisotopic (exact) mass is 304 g/mol. The highest BCUT2D eigenvalue weighted by Crippen LogP contribution is 2.49. The normalized spacial score (nSPS) is 26.6. The van der Waals surface area contributed by atoms with E-state index in [0.717, 1.165) is 24.8 Å². The van der Waals surface area contributed by atoms with Crippen LogP contribution in [0.2, 0.25) is 0 Å². The van der Waals surface area contributed by atoms with Crippen LogP contribution in [-0.2, 0) is 0 Å². The number of halogens is 1. The maximum absolute atomic E-state index is 14.5. The molecule has 0 spiro atoms. The predicted molar refractivity (Wildman–Crippen MR) is 86.1 cm³/mol.